The Hall–Kier alpha value is -2.73. The maximum absolute atomic E-state index is 12.9. The minimum Gasteiger partial charge on any atom is -0.387 e. The molecule has 0 radical (unpaired) electrons. The highest BCUT2D eigenvalue weighted by molar-refractivity contribution is 5.89. The lowest BCUT2D eigenvalue weighted by molar-refractivity contribution is -0.129. The smallest absolute Gasteiger partial charge is 0.225 e. The van der Waals surface area contributed by atoms with Crippen molar-refractivity contribution in [3.05, 3.63) is 71.5 Å². The van der Waals surface area contributed by atoms with Crippen molar-refractivity contribution < 1.29 is 19.1 Å². The Morgan fingerprint density at radius 3 is 2.58 bits per heavy atom. The Labute approximate surface area is 151 Å². The summed E-state index contributed by atoms with van der Waals surface area (Å²) in [7, 11) is 0. The lowest BCUT2D eigenvalue weighted by Gasteiger charge is -2.17. The summed E-state index contributed by atoms with van der Waals surface area (Å²) in [5.74, 6) is -1.11. The zero-order chi connectivity index (χ0) is 18.5. The van der Waals surface area contributed by atoms with Crippen molar-refractivity contribution in [1.29, 1.82) is 0 Å². The van der Waals surface area contributed by atoms with Gasteiger partial charge in [0.15, 0.2) is 0 Å². The van der Waals surface area contributed by atoms with Crippen LogP contribution in [0.4, 0.5) is 4.39 Å². The number of carbonyl (C=O) groups is 2. The van der Waals surface area contributed by atoms with E-state index in [-0.39, 0.29) is 30.6 Å². The van der Waals surface area contributed by atoms with E-state index >= 15 is 0 Å². The van der Waals surface area contributed by atoms with Crippen LogP contribution in [0.5, 0.6) is 0 Å². The van der Waals surface area contributed by atoms with Crippen molar-refractivity contribution in [2.24, 2.45) is 5.92 Å². The summed E-state index contributed by atoms with van der Waals surface area (Å²) in [4.78, 5) is 26.1. The lowest BCUT2D eigenvalue weighted by atomic mass is 10.1. The van der Waals surface area contributed by atoms with Crippen LogP contribution < -0.4 is 5.32 Å². The van der Waals surface area contributed by atoms with E-state index in [4.69, 9.17) is 0 Å². The van der Waals surface area contributed by atoms with Gasteiger partial charge >= 0.3 is 0 Å². The first kappa shape index (κ1) is 18.1. The molecule has 0 spiro atoms. The molecular formula is C20H21FN2O3. The molecule has 5 nitrogen and oxygen atoms in total. The zero-order valence-electron chi connectivity index (χ0n) is 14.3. The van der Waals surface area contributed by atoms with Gasteiger partial charge in [-0.2, -0.15) is 0 Å². The molecule has 1 heterocycles. The fraction of sp³-hybridized carbons (Fsp3) is 0.300. The van der Waals surface area contributed by atoms with Crippen LogP contribution in [0, 0.1) is 11.7 Å². The van der Waals surface area contributed by atoms with E-state index in [9.17, 15) is 19.1 Å². The first-order valence-electron chi connectivity index (χ1n) is 8.56. The highest BCUT2D eigenvalue weighted by Gasteiger charge is 2.34. The van der Waals surface area contributed by atoms with Crippen LogP contribution in [0.1, 0.15) is 23.7 Å². The Morgan fingerprint density at radius 2 is 1.88 bits per heavy atom. The van der Waals surface area contributed by atoms with Gasteiger partial charge in [-0.05, 0) is 23.3 Å². The molecule has 2 unspecified atom stereocenters. The van der Waals surface area contributed by atoms with Gasteiger partial charge in [0, 0.05) is 26.1 Å². The van der Waals surface area contributed by atoms with Gasteiger partial charge in [-0.3, -0.25) is 9.59 Å². The molecule has 0 aliphatic carbocycles. The first-order valence-corrected chi connectivity index (χ1v) is 8.56. The molecule has 1 aliphatic heterocycles. The Balaban J connectivity index is 1.50. The number of aliphatic hydroxyl groups is 1. The second-order valence-corrected chi connectivity index (χ2v) is 6.47. The number of likely N-dealkylation sites (tertiary alicyclic amines) is 1. The molecule has 1 aliphatic rings. The number of rotatable bonds is 6. The van der Waals surface area contributed by atoms with E-state index < -0.39 is 12.0 Å². The van der Waals surface area contributed by atoms with Crippen molar-refractivity contribution in [1.82, 2.24) is 10.2 Å². The summed E-state index contributed by atoms with van der Waals surface area (Å²) >= 11 is 0. The molecule has 3 rings (SSSR count). The number of hydrogen-bond donors (Lipinski definition) is 2. The molecule has 1 saturated heterocycles. The number of halogens is 1. The maximum atomic E-state index is 12.9. The Morgan fingerprint density at radius 1 is 1.19 bits per heavy atom. The van der Waals surface area contributed by atoms with Crippen LogP contribution in [-0.4, -0.2) is 34.9 Å². The summed E-state index contributed by atoms with van der Waals surface area (Å²) in [6, 6.07) is 15.1. The number of amides is 2. The van der Waals surface area contributed by atoms with E-state index in [2.05, 4.69) is 5.32 Å². The number of hydrogen-bond acceptors (Lipinski definition) is 3. The molecule has 2 atom stereocenters. The van der Waals surface area contributed by atoms with Gasteiger partial charge in [0.05, 0.1) is 12.0 Å². The molecule has 2 amide bonds. The quantitative estimate of drug-likeness (QED) is 0.832. The average Bonchev–Trinajstić information content (AvgIpc) is 3.01. The van der Waals surface area contributed by atoms with E-state index in [0.29, 0.717) is 18.7 Å². The fourth-order valence-electron chi connectivity index (χ4n) is 3.05. The predicted octanol–water partition coefficient (Wildman–Crippen LogP) is 2.02. The summed E-state index contributed by atoms with van der Waals surface area (Å²) < 4.78 is 12.9. The SMILES string of the molecule is O=C(NCC(O)c1ccc(F)cc1)C1CC(=O)N(Cc2ccccc2)C1. The number of carbonyl (C=O) groups excluding carboxylic acids is 2. The summed E-state index contributed by atoms with van der Waals surface area (Å²) in [5, 5.41) is 12.8. The normalized spacial score (nSPS) is 18.0. The molecule has 136 valence electrons. The van der Waals surface area contributed by atoms with E-state index in [1.807, 2.05) is 30.3 Å². The Bertz CT molecular complexity index is 764. The van der Waals surface area contributed by atoms with Crippen molar-refractivity contribution in [2.75, 3.05) is 13.1 Å². The van der Waals surface area contributed by atoms with E-state index in [0.717, 1.165) is 5.56 Å². The van der Waals surface area contributed by atoms with Crippen LogP contribution in [0.2, 0.25) is 0 Å². The number of nitrogens with zero attached hydrogens (tertiary/aromatic N) is 1. The van der Waals surface area contributed by atoms with Crippen molar-refractivity contribution in [3.63, 3.8) is 0 Å². The van der Waals surface area contributed by atoms with Crippen LogP contribution in [0.15, 0.2) is 54.6 Å². The predicted molar refractivity (Wildman–Crippen MR) is 94.3 cm³/mol. The second-order valence-electron chi connectivity index (χ2n) is 6.47. The third-order valence-electron chi connectivity index (χ3n) is 4.53. The zero-order valence-corrected chi connectivity index (χ0v) is 14.3. The van der Waals surface area contributed by atoms with Crippen LogP contribution in [-0.2, 0) is 16.1 Å². The van der Waals surface area contributed by atoms with Gasteiger partial charge < -0.3 is 15.3 Å². The topological polar surface area (TPSA) is 69.6 Å². The highest BCUT2D eigenvalue weighted by Crippen LogP contribution is 2.21. The minimum atomic E-state index is -0.919. The van der Waals surface area contributed by atoms with Gasteiger partial charge in [0.1, 0.15) is 5.82 Å². The van der Waals surface area contributed by atoms with E-state index in [1.165, 1.54) is 24.3 Å². The highest BCUT2D eigenvalue weighted by atomic mass is 19.1. The second kappa shape index (κ2) is 8.10. The third kappa shape index (κ3) is 4.46. The number of benzene rings is 2. The first-order chi connectivity index (χ1) is 12.5. The van der Waals surface area contributed by atoms with Gasteiger partial charge in [-0.1, -0.05) is 42.5 Å². The largest absolute Gasteiger partial charge is 0.387 e. The molecule has 6 heteroatoms. The third-order valence-corrected chi connectivity index (χ3v) is 4.53. The minimum absolute atomic E-state index is 0.0217. The van der Waals surface area contributed by atoms with Gasteiger partial charge in [-0.15, -0.1) is 0 Å². The molecule has 2 N–H and O–H groups in total. The molecule has 0 bridgehead atoms. The van der Waals surface area contributed by atoms with Crippen LogP contribution >= 0.6 is 0 Å². The van der Waals surface area contributed by atoms with Crippen molar-refractivity contribution in [3.8, 4) is 0 Å². The van der Waals surface area contributed by atoms with Gasteiger partial charge in [-0.25, -0.2) is 4.39 Å². The molecule has 2 aromatic rings. The monoisotopic (exact) mass is 356 g/mol. The molecule has 0 saturated carbocycles. The summed E-state index contributed by atoms with van der Waals surface area (Å²) in [6.07, 6.45) is -0.747. The molecule has 1 fully saturated rings. The van der Waals surface area contributed by atoms with Crippen LogP contribution in [0.3, 0.4) is 0 Å². The summed E-state index contributed by atoms with van der Waals surface area (Å²) in [6.45, 7) is 0.877. The molecule has 2 aromatic carbocycles. The maximum Gasteiger partial charge on any atom is 0.225 e. The van der Waals surface area contributed by atoms with E-state index in [1.54, 1.807) is 4.90 Å². The van der Waals surface area contributed by atoms with Crippen LogP contribution in [0.25, 0.3) is 0 Å². The lowest BCUT2D eigenvalue weighted by Crippen LogP contribution is -2.35. The number of aliphatic hydroxyl groups excluding tert-OH is 1. The van der Waals surface area contributed by atoms with Gasteiger partial charge in [0.2, 0.25) is 11.8 Å². The molecule has 26 heavy (non-hydrogen) atoms. The fourth-order valence-corrected chi connectivity index (χ4v) is 3.05. The molecule has 0 aromatic heterocycles. The standard InChI is InChI=1S/C20H21FN2O3/c21-17-8-6-15(7-9-17)18(24)11-22-20(26)16-10-19(25)23(13-16)12-14-4-2-1-3-5-14/h1-9,16,18,24H,10-13H2,(H,22,26). The van der Waals surface area contributed by atoms with Crippen molar-refractivity contribution >= 4 is 11.8 Å². The van der Waals surface area contributed by atoms with Crippen molar-refractivity contribution in [2.45, 2.75) is 19.1 Å². The van der Waals surface area contributed by atoms with Gasteiger partial charge in [0.25, 0.3) is 0 Å². The average molecular weight is 356 g/mol. The number of nitrogens with one attached hydrogen (secondary N) is 1. The summed E-state index contributed by atoms with van der Waals surface area (Å²) in [5.41, 5.74) is 1.55. The Kier molecular flexibility index (Phi) is 5.63. The molecular weight excluding hydrogens is 335 g/mol.